The summed E-state index contributed by atoms with van der Waals surface area (Å²) in [6.07, 6.45) is 10.2. The monoisotopic (exact) mass is 172 g/mol. The van der Waals surface area contributed by atoms with Crippen LogP contribution in [0.2, 0.25) is 0 Å². The molecule has 0 saturated carbocycles. The lowest BCUT2D eigenvalue weighted by molar-refractivity contribution is 0.821. The Morgan fingerprint density at radius 2 is 1.69 bits per heavy atom. The Morgan fingerprint density at radius 3 is 2.15 bits per heavy atom. The van der Waals surface area contributed by atoms with Gasteiger partial charge >= 0.3 is 0 Å². The molecule has 0 amide bonds. The van der Waals surface area contributed by atoms with Crippen LogP contribution in [0.3, 0.4) is 0 Å². The summed E-state index contributed by atoms with van der Waals surface area (Å²) >= 11 is 0. The number of rotatable bonds is 1. The van der Waals surface area contributed by atoms with Gasteiger partial charge in [-0.1, -0.05) is 46.6 Å². The molecular weight excluding hydrogens is 156 g/mol. The van der Waals surface area contributed by atoms with E-state index in [-0.39, 0.29) is 0 Å². The predicted octanol–water partition coefficient (Wildman–Crippen LogP) is 3.79. The third kappa shape index (κ3) is 1.31. The number of allylic oxidation sites excluding steroid dienone is 8. The molecule has 2 rings (SSSR count). The lowest BCUT2D eigenvalue weighted by Gasteiger charge is -2.17. The molecule has 0 aromatic rings. The minimum atomic E-state index is 0.606. The van der Waals surface area contributed by atoms with Gasteiger partial charge in [0.15, 0.2) is 0 Å². The molecule has 0 unspecified atom stereocenters. The highest BCUT2D eigenvalue weighted by Crippen LogP contribution is 2.38. The second kappa shape index (κ2) is 3.02. The van der Waals surface area contributed by atoms with E-state index < -0.39 is 0 Å². The van der Waals surface area contributed by atoms with Crippen LogP contribution in [0.15, 0.2) is 46.6 Å². The fourth-order valence-corrected chi connectivity index (χ4v) is 2.34. The quantitative estimate of drug-likeness (QED) is 0.564. The summed E-state index contributed by atoms with van der Waals surface area (Å²) in [4.78, 5) is 0. The van der Waals surface area contributed by atoms with E-state index in [9.17, 15) is 0 Å². The van der Waals surface area contributed by atoms with Crippen molar-refractivity contribution in [3.8, 4) is 0 Å². The second-order valence-corrected chi connectivity index (χ2v) is 4.07. The summed E-state index contributed by atoms with van der Waals surface area (Å²) in [7, 11) is 0. The van der Waals surface area contributed by atoms with Crippen molar-refractivity contribution in [3.63, 3.8) is 0 Å². The maximum atomic E-state index is 2.27. The van der Waals surface area contributed by atoms with Crippen molar-refractivity contribution in [2.24, 2.45) is 5.92 Å². The Hall–Kier alpha value is -1.04. The van der Waals surface area contributed by atoms with Gasteiger partial charge in [-0.15, -0.1) is 0 Å². The van der Waals surface area contributed by atoms with E-state index in [2.05, 4.69) is 45.1 Å². The van der Waals surface area contributed by atoms with Crippen molar-refractivity contribution >= 4 is 0 Å². The first-order chi connectivity index (χ1) is 6.20. The summed E-state index contributed by atoms with van der Waals surface area (Å²) in [5.41, 5.74) is 6.05. The molecule has 0 bridgehead atoms. The fraction of sp³-hybridized carbons (Fsp3) is 0.385. The number of hydrogen-bond donors (Lipinski definition) is 0. The highest BCUT2D eigenvalue weighted by atomic mass is 14.3. The van der Waals surface area contributed by atoms with E-state index in [1.165, 1.54) is 16.7 Å². The highest BCUT2D eigenvalue weighted by Gasteiger charge is 2.23. The molecule has 0 N–H and O–H groups in total. The van der Waals surface area contributed by atoms with Gasteiger partial charge in [0.2, 0.25) is 0 Å². The normalized spacial score (nSPS) is 22.7. The largest absolute Gasteiger partial charge is 0.0802 e. The summed E-state index contributed by atoms with van der Waals surface area (Å²) in [5, 5.41) is 0. The smallest absolute Gasteiger partial charge is 0.0226 e. The van der Waals surface area contributed by atoms with Gasteiger partial charge < -0.3 is 0 Å². The highest BCUT2D eigenvalue weighted by molar-refractivity contribution is 5.46. The molecule has 13 heavy (non-hydrogen) atoms. The minimum absolute atomic E-state index is 0.606. The third-order valence-electron chi connectivity index (χ3n) is 3.08. The van der Waals surface area contributed by atoms with Crippen molar-refractivity contribution < 1.29 is 0 Å². The van der Waals surface area contributed by atoms with Crippen molar-refractivity contribution in [1.82, 2.24) is 0 Å². The molecule has 0 fully saturated rings. The van der Waals surface area contributed by atoms with E-state index in [0.29, 0.717) is 5.92 Å². The van der Waals surface area contributed by atoms with E-state index in [1.807, 2.05) is 0 Å². The maximum absolute atomic E-state index is 2.27. The van der Waals surface area contributed by atoms with Crippen LogP contribution in [0.1, 0.15) is 27.2 Å². The summed E-state index contributed by atoms with van der Waals surface area (Å²) < 4.78 is 0. The standard InChI is InChI=1S/C13H16/c1-9-5-4-6-12(9)13-10(2)7-8-11(13)3/h4-5,7-8,13H,6H2,1-3H3. The molecule has 0 atom stereocenters. The van der Waals surface area contributed by atoms with Crippen molar-refractivity contribution in [3.05, 3.63) is 46.6 Å². The molecule has 0 radical (unpaired) electrons. The molecule has 0 heterocycles. The van der Waals surface area contributed by atoms with Crippen LogP contribution in [-0.2, 0) is 0 Å². The molecule has 0 spiro atoms. The molecule has 2 aliphatic rings. The molecule has 0 aromatic carbocycles. The van der Waals surface area contributed by atoms with Gasteiger partial charge in [0.05, 0.1) is 0 Å². The van der Waals surface area contributed by atoms with E-state index in [1.54, 1.807) is 5.57 Å². The van der Waals surface area contributed by atoms with E-state index >= 15 is 0 Å². The molecule has 0 saturated heterocycles. The van der Waals surface area contributed by atoms with Gasteiger partial charge in [-0.05, 0) is 27.2 Å². The molecule has 0 nitrogen and oxygen atoms in total. The maximum Gasteiger partial charge on any atom is 0.0226 e. The Balaban J connectivity index is 2.33. The lowest BCUT2D eigenvalue weighted by atomic mass is 9.87. The van der Waals surface area contributed by atoms with Crippen molar-refractivity contribution in [1.29, 1.82) is 0 Å². The van der Waals surface area contributed by atoms with Gasteiger partial charge in [-0.25, -0.2) is 0 Å². The van der Waals surface area contributed by atoms with Crippen molar-refractivity contribution in [2.75, 3.05) is 0 Å². The van der Waals surface area contributed by atoms with E-state index in [0.717, 1.165) is 6.42 Å². The Morgan fingerprint density at radius 1 is 1.08 bits per heavy atom. The fourth-order valence-electron chi connectivity index (χ4n) is 2.34. The first-order valence-electron chi connectivity index (χ1n) is 4.91. The van der Waals surface area contributed by atoms with Gasteiger partial charge in [-0.3, -0.25) is 0 Å². The van der Waals surface area contributed by atoms with Gasteiger partial charge in [-0.2, -0.15) is 0 Å². The SMILES string of the molecule is CC1=CC=C(C)C1C1=C(C)C=CC1. The molecule has 0 aliphatic heterocycles. The molecule has 0 aromatic heterocycles. The van der Waals surface area contributed by atoms with Crippen LogP contribution in [0.5, 0.6) is 0 Å². The number of hydrogen-bond acceptors (Lipinski definition) is 0. The topological polar surface area (TPSA) is 0 Å². The zero-order valence-electron chi connectivity index (χ0n) is 8.59. The first-order valence-corrected chi connectivity index (χ1v) is 4.91. The van der Waals surface area contributed by atoms with Crippen LogP contribution in [0, 0.1) is 5.92 Å². The molecule has 0 heteroatoms. The predicted molar refractivity (Wildman–Crippen MR) is 57.5 cm³/mol. The summed E-state index contributed by atoms with van der Waals surface area (Å²) in [5.74, 6) is 0.606. The zero-order valence-corrected chi connectivity index (χ0v) is 8.59. The Kier molecular flexibility index (Phi) is 1.99. The van der Waals surface area contributed by atoms with Gasteiger partial charge in [0, 0.05) is 5.92 Å². The minimum Gasteiger partial charge on any atom is -0.0802 e. The van der Waals surface area contributed by atoms with Gasteiger partial charge in [0.1, 0.15) is 0 Å². The van der Waals surface area contributed by atoms with Crippen LogP contribution in [-0.4, -0.2) is 0 Å². The summed E-state index contributed by atoms with van der Waals surface area (Å²) in [6.45, 7) is 6.68. The van der Waals surface area contributed by atoms with Crippen LogP contribution in [0.25, 0.3) is 0 Å². The molecular formula is C13H16. The van der Waals surface area contributed by atoms with Gasteiger partial charge in [0.25, 0.3) is 0 Å². The average Bonchev–Trinajstić information content (AvgIpc) is 2.60. The van der Waals surface area contributed by atoms with Crippen LogP contribution < -0.4 is 0 Å². The van der Waals surface area contributed by atoms with E-state index in [4.69, 9.17) is 0 Å². The van der Waals surface area contributed by atoms with Crippen LogP contribution >= 0.6 is 0 Å². The Labute approximate surface area is 80.3 Å². The third-order valence-corrected chi connectivity index (χ3v) is 3.08. The Bertz CT molecular complexity index is 330. The average molecular weight is 172 g/mol. The summed E-state index contributed by atoms with van der Waals surface area (Å²) in [6, 6.07) is 0. The van der Waals surface area contributed by atoms with Crippen molar-refractivity contribution in [2.45, 2.75) is 27.2 Å². The lowest BCUT2D eigenvalue weighted by Crippen LogP contribution is -2.04. The second-order valence-electron chi connectivity index (χ2n) is 4.07. The molecule has 68 valence electrons. The van der Waals surface area contributed by atoms with Crippen LogP contribution in [0.4, 0.5) is 0 Å². The molecule has 2 aliphatic carbocycles. The zero-order chi connectivity index (χ0) is 9.42. The first kappa shape index (κ1) is 8.55.